The highest BCUT2D eigenvalue weighted by molar-refractivity contribution is 5.19. The lowest BCUT2D eigenvalue weighted by Crippen LogP contribution is -2.36. The molecule has 0 amide bonds. The van der Waals surface area contributed by atoms with Crippen molar-refractivity contribution in [2.75, 3.05) is 0 Å². The first-order valence-electron chi connectivity index (χ1n) is 6.05. The van der Waals surface area contributed by atoms with E-state index >= 15 is 0 Å². The normalized spacial score (nSPS) is 30.3. The van der Waals surface area contributed by atoms with E-state index in [1.165, 1.54) is 6.07 Å². The molecule has 0 unspecified atom stereocenters. The zero-order chi connectivity index (χ0) is 11.6. The standard InChI is InChI=1S/C14H19FO/c1-11-6-8-14(16,9-7-11)10-12-4-2-3-5-13(12)15/h2-5,11,16H,6-10H2,1H3. The molecule has 0 saturated heterocycles. The predicted octanol–water partition coefficient (Wildman–Crippen LogP) is 3.31. The number of aliphatic hydroxyl groups is 1. The van der Waals surface area contributed by atoms with Crippen molar-refractivity contribution in [3.63, 3.8) is 0 Å². The van der Waals surface area contributed by atoms with Crippen LogP contribution in [0.25, 0.3) is 0 Å². The molecule has 2 heteroatoms. The van der Waals surface area contributed by atoms with Gasteiger partial charge in [-0.05, 0) is 43.2 Å². The number of hydrogen-bond donors (Lipinski definition) is 1. The minimum absolute atomic E-state index is 0.199. The predicted molar refractivity (Wildman–Crippen MR) is 62.7 cm³/mol. The Morgan fingerprint density at radius 1 is 1.31 bits per heavy atom. The van der Waals surface area contributed by atoms with Crippen molar-refractivity contribution in [1.82, 2.24) is 0 Å². The van der Waals surface area contributed by atoms with E-state index in [2.05, 4.69) is 6.92 Å². The summed E-state index contributed by atoms with van der Waals surface area (Å²) in [6.07, 6.45) is 4.13. The average molecular weight is 222 g/mol. The monoisotopic (exact) mass is 222 g/mol. The van der Waals surface area contributed by atoms with Crippen molar-refractivity contribution in [3.05, 3.63) is 35.6 Å². The van der Waals surface area contributed by atoms with Crippen LogP contribution in [0.2, 0.25) is 0 Å². The van der Waals surface area contributed by atoms with Crippen molar-refractivity contribution in [1.29, 1.82) is 0 Å². The fraction of sp³-hybridized carbons (Fsp3) is 0.571. The van der Waals surface area contributed by atoms with Crippen molar-refractivity contribution in [3.8, 4) is 0 Å². The van der Waals surface area contributed by atoms with Crippen molar-refractivity contribution < 1.29 is 9.50 Å². The Labute approximate surface area is 96.3 Å². The van der Waals surface area contributed by atoms with Crippen molar-refractivity contribution in [2.24, 2.45) is 5.92 Å². The Kier molecular flexibility index (Phi) is 3.29. The molecule has 0 spiro atoms. The van der Waals surface area contributed by atoms with Crippen LogP contribution in [0.5, 0.6) is 0 Å². The molecule has 1 N–H and O–H groups in total. The van der Waals surface area contributed by atoms with E-state index in [9.17, 15) is 9.50 Å². The Hall–Kier alpha value is -0.890. The van der Waals surface area contributed by atoms with Gasteiger partial charge >= 0.3 is 0 Å². The van der Waals surface area contributed by atoms with Crippen LogP contribution >= 0.6 is 0 Å². The molecule has 1 aromatic rings. The van der Waals surface area contributed by atoms with Crippen LogP contribution < -0.4 is 0 Å². The number of hydrogen-bond acceptors (Lipinski definition) is 1. The smallest absolute Gasteiger partial charge is 0.126 e. The highest BCUT2D eigenvalue weighted by atomic mass is 19.1. The molecule has 1 saturated carbocycles. The molecule has 0 bridgehead atoms. The molecule has 0 radical (unpaired) electrons. The van der Waals surface area contributed by atoms with Gasteiger partial charge in [-0.25, -0.2) is 4.39 Å². The summed E-state index contributed by atoms with van der Waals surface area (Å²) in [5, 5.41) is 10.4. The summed E-state index contributed by atoms with van der Waals surface area (Å²) in [7, 11) is 0. The summed E-state index contributed by atoms with van der Waals surface area (Å²) < 4.78 is 13.5. The van der Waals surface area contributed by atoms with E-state index in [1.807, 2.05) is 6.07 Å². The lowest BCUT2D eigenvalue weighted by atomic mass is 9.76. The molecule has 0 heterocycles. The number of halogens is 1. The van der Waals surface area contributed by atoms with Crippen LogP contribution in [0, 0.1) is 11.7 Å². The third kappa shape index (κ3) is 2.62. The van der Waals surface area contributed by atoms with E-state index < -0.39 is 5.60 Å². The van der Waals surface area contributed by atoms with Gasteiger partial charge in [0.25, 0.3) is 0 Å². The molecule has 16 heavy (non-hydrogen) atoms. The van der Waals surface area contributed by atoms with Gasteiger partial charge in [0.05, 0.1) is 5.60 Å². The molecule has 0 aliphatic heterocycles. The maximum absolute atomic E-state index is 13.5. The van der Waals surface area contributed by atoms with Crippen LogP contribution in [0.15, 0.2) is 24.3 Å². The second kappa shape index (κ2) is 4.54. The van der Waals surface area contributed by atoms with Gasteiger partial charge in [0, 0.05) is 6.42 Å². The van der Waals surface area contributed by atoms with Crippen LogP contribution in [0.4, 0.5) is 4.39 Å². The quantitative estimate of drug-likeness (QED) is 0.814. The molecule has 0 aromatic heterocycles. The van der Waals surface area contributed by atoms with Gasteiger partial charge in [-0.2, -0.15) is 0 Å². The molecule has 2 rings (SSSR count). The fourth-order valence-electron chi connectivity index (χ4n) is 2.47. The minimum Gasteiger partial charge on any atom is -0.390 e. The summed E-state index contributed by atoms with van der Waals surface area (Å²) in [5.41, 5.74) is -0.0473. The summed E-state index contributed by atoms with van der Waals surface area (Å²) in [5.74, 6) is 0.496. The summed E-state index contributed by atoms with van der Waals surface area (Å²) in [6, 6.07) is 6.74. The first kappa shape index (κ1) is 11.6. The SMILES string of the molecule is CC1CCC(O)(Cc2ccccc2F)CC1. The van der Waals surface area contributed by atoms with E-state index in [0.717, 1.165) is 25.7 Å². The first-order valence-corrected chi connectivity index (χ1v) is 6.05. The van der Waals surface area contributed by atoms with Gasteiger partial charge in [0.2, 0.25) is 0 Å². The van der Waals surface area contributed by atoms with E-state index in [1.54, 1.807) is 12.1 Å². The average Bonchev–Trinajstić information content (AvgIpc) is 2.27. The highest BCUT2D eigenvalue weighted by Crippen LogP contribution is 2.34. The van der Waals surface area contributed by atoms with Crippen LogP contribution in [0.3, 0.4) is 0 Å². The van der Waals surface area contributed by atoms with Crippen molar-refractivity contribution >= 4 is 0 Å². The molecule has 1 fully saturated rings. The molecular formula is C14H19FO. The van der Waals surface area contributed by atoms with Gasteiger partial charge in [-0.3, -0.25) is 0 Å². The molecule has 1 aliphatic rings. The van der Waals surface area contributed by atoms with Gasteiger partial charge in [0.1, 0.15) is 5.82 Å². The van der Waals surface area contributed by atoms with Crippen LogP contribution in [-0.4, -0.2) is 10.7 Å². The summed E-state index contributed by atoms with van der Waals surface area (Å²) in [6.45, 7) is 2.21. The Morgan fingerprint density at radius 2 is 1.94 bits per heavy atom. The topological polar surface area (TPSA) is 20.2 Å². The van der Waals surface area contributed by atoms with Crippen LogP contribution in [0.1, 0.15) is 38.2 Å². The van der Waals surface area contributed by atoms with Gasteiger partial charge in [-0.1, -0.05) is 25.1 Å². The van der Waals surface area contributed by atoms with Gasteiger partial charge in [-0.15, -0.1) is 0 Å². The zero-order valence-electron chi connectivity index (χ0n) is 9.75. The van der Waals surface area contributed by atoms with E-state index in [4.69, 9.17) is 0 Å². The van der Waals surface area contributed by atoms with E-state index in [-0.39, 0.29) is 5.82 Å². The molecule has 1 aromatic carbocycles. The maximum atomic E-state index is 13.5. The molecular weight excluding hydrogens is 203 g/mol. The molecule has 0 atom stereocenters. The Bertz CT molecular complexity index is 354. The fourth-order valence-corrected chi connectivity index (χ4v) is 2.47. The second-order valence-corrected chi connectivity index (χ2v) is 5.18. The largest absolute Gasteiger partial charge is 0.390 e. The van der Waals surface area contributed by atoms with Crippen LogP contribution in [-0.2, 0) is 6.42 Å². The zero-order valence-corrected chi connectivity index (χ0v) is 9.75. The summed E-state index contributed by atoms with van der Waals surface area (Å²) in [4.78, 5) is 0. The van der Waals surface area contributed by atoms with Crippen molar-refractivity contribution in [2.45, 2.75) is 44.6 Å². The van der Waals surface area contributed by atoms with Gasteiger partial charge in [0.15, 0.2) is 0 Å². The third-order valence-corrected chi connectivity index (χ3v) is 3.68. The molecule has 1 nitrogen and oxygen atoms in total. The second-order valence-electron chi connectivity index (χ2n) is 5.18. The van der Waals surface area contributed by atoms with Gasteiger partial charge < -0.3 is 5.11 Å². The molecule has 88 valence electrons. The number of rotatable bonds is 2. The minimum atomic E-state index is -0.686. The van der Waals surface area contributed by atoms with E-state index in [0.29, 0.717) is 17.9 Å². The lowest BCUT2D eigenvalue weighted by molar-refractivity contribution is -0.00731. The lowest BCUT2D eigenvalue weighted by Gasteiger charge is -2.35. The summed E-state index contributed by atoms with van der Waals surface area (Å²) >= 11 is 0. The number of benzene rings is 1. The highest BCUT2D eigenvalue weighted by Gasteiger charge is 2.32. The molecule has 1 aliphatic carbocycles. The third-order valence-electron chi connectivity index (χ3n) is 3.68. The maximum Gasteiger partial charge on any atom is 0.126 e. The first-order chi connectivity index (χ1) is 7.59. The Balaban J connectivity index is 2.07. The Morgan fingerprint density at radius 3 is 2.56 bits per heavy atom.